The summed E-state index contributed by atoms with van der Waals surface area (Å²) in [6.07, 6.45) is 11.7. The zero-order chi connectivity index (χ0) is 15.3. The van der Waals surface area contributed by atoms with Gasteiger partial charge in [-0.25, -0.2) is 0 Å². The van der Waals surface area contributed by atoms with Crippen molar-refractivity contribution in [1.29, 1.82) is 0 Å². The summed E-state index contributed by atoms with van der Waals surface area (Å²) in [5.74, 6) is 0. The lowest BCUT2D eigenvalue weighted by Crippen LogP contribution is -2.15. The zero-order valence-corrected chi connectivity index (χ0v) is 13.1. The Bertz CT molecular complexity index is 625. The van der Waals surface area contributed by atoms with Gasteiger partial charge in [0.1, 0.15) is 0 Å². The van der Waals surface area contributed by atoms with Crippen molar-refractivity contribution in [2.75, 3.05) is 0 Å². The van der Waals surface area contributed by atoms with Gasteiger partial charge in [-0.05, 0) is 31.9 Å². The van der Waals surface area contributed by atoms with Gasteiger partial charge in [0, 0.05) is 16.7 Å². The lowest BCUT2D eigenvalue weighted by Gasteiger charge is -2.27. The summed E-state index contributed by atoms with van der Waals surface area (Å²) < 4.78 is 0. The first-order chi connectivity index (χ1) is 10.0. The van der Waals surface area contributed by atoms with E-state index in [1.165, 1.54) is 0 Å². The predicted octanol–water partition coefficient (Wildman–Crippen LogP) is 5.59. The van der Waals surface area contributed by atoms with Crippen LogP contribution in [-0.2, 0) is 0 Å². The molecule has 0 fully saturated rings. The molecule has 0 aromatic heterocycles. The lowest BCUT2D eigenvalue weighted by molar-refractivity contribution is 0.532. The van der Waals surface area contributed by atoms with Crippen molar-refractivity contribution in [1.82, 2.24) is 0 Å². The Morgan fingerprint density at radius 1 is 1.19 bits per heavy atom. The third-order valence-electron chi connectivity index (χ3n) is 3.71. The van der Waals surface area contributed by atoms with Gasteiger partial charge in [-0.1, -0.05) is 68.1 Å². The number of aliphatic imine (C=N–C) groups is 1. The second-order valence-corrected chi connectivity index (χ2v) is 5.89. The second kappa shape index (κ2) is 6.53. The maximum Gasteiger partial charge on any atom is 0.0703 e. The normalized spacial score (nSPS) is 21.2. The molecule has 2 rings (SSSR count). The quantitative estimate of drug-likeness (QED) is 0.502. The van der Waals surface area contributed by atoms with E-state index in [9.17, 15) is 0 Å². The van der Waals surface area contributed by atoms with Crippen molar-refractivity contribution in [2.24, 2.45) is 10.4 Å². The van der Waals surface area contributed by atoms with Crippen LogP contribution < -0.4 is 0 Å². The molecule has 1 aromatic carbocycles. The fourth-order valence-corrected chi connectivity index (χ4v) is 2.33. The number of nitrogens with zero attached hydrogens (tertiary/aromatic N) is 1. The van der Waals surface area contributed by atoms with Crippen LogP contribution in [0.3, 0.4) is 0 Å². The molecule has 21 heavy (non-hydrogen) atoms. The number of rotatable bonds is 4. The summed E-state index contributed by atoms with van der Waals surface area (Å²) in [6.45, 7) is 10.5. The standard InChI is InChI=1S/C20H23N/c1-16(2)21-19(18-11-7-5-8-12-18)15-17(3)20(4)13-9-6-10-14-20/h5-13,15H,3,14H2,1-2,4H3/b19-15-. The monoisotopic (exact) mass is 277 g/mol. The van der Waals surface area contributed by atoms with Crippen molar-refractivity contribution in [2.45, 2.75) is 27.2 Å². The molecule has 0 radical (unpaired) electrons. The number of benzene rings is 1. The Morgan fingerprint density at radius 2 is 1.90 bits per heavy atom. The third kappa shape index (κ3) is 3.91. The Kier molecular flexibility index (Phi) is 4.74. The average Bonchev–Trinajstić information content (AvgIpc) is 2.47. The minimum Gasteiger partial charge on any atom is -0.258 e. The molecule has 1 nitrogen and oxygen atoms in total. The Balaban J connectivity index is 2.37. The highest BCUT2D eigenvalue weighted by Gasteiger charge is 2.23. The van der Waals surface area contributed by atoms with E-state index in [0.29, 0.717) is 0 Å². The molecule has 0 N–H and O–H groups in total. The van der Waals surface area contributed by atoms with Crippen LogP contribution in [0, 0.1) is 5.41 Å². The van der Waals surface area contributed by atoms with Gasteiger partial charge in [0.05, 0.1) is 5.70 Å². The smallest absolute Gasteiger partial charge is 0.0703 e. The summed E-state index contributed by atoms with van der Waals surface area (Å²) in [7, 11) is 0. The Morgan fingerprint density at radius 3 is 2.48 bits per heavy atom. The van der Waals surface area contributed by atoms with E-state index < -0.39 is 0 Å². The van der Waals surface area contributed by atoms with E-state index in [1.807, 2.05) is 32.0 Å². The number of hydrogen-bond donors (Lipinski definition) is 0. The fourth-order valence-electron chi connectivity index (χ4n) is 2.33. The summed E-state index contributed by atoms with van der Waals surface area (Å²) in [6, 6.07) is 10.3. The van der Waals surface area contributed by atoms with E-state index in [2.05, 4.69) is 61.0 Å². The van der Waals surface area contributed by atoms with Gasteiger partial charge in [0.2, 0.25) is 0 Å². The molecule has 0 saturated heterocycles. The zero-order valence-electron chi connectivity index (χ0n) is 13.1. The molecule has 1 aromatic rings. The molecular formula is C20H23N. The van der Waals surface area contributed by atoms with Crippen LogP contribution in [0.5, 0.6) is 0 Å². The summed E-state index contributed by atoms with van der Waals surface area (Å²) >= 11 is 0. The van der Waals surface area contributed by atoms with Crippen LogP contribution in [-0.4, -0.2) is 5.71 Å². The van der Waals surface area contributed by atoms with E-state index >= 15 is 0 Å². The molecule has 1 aliphatic rings. The lowest BCUT2D eigenvalue weighted by atomic mass is 9.77. The summed E-state index contributed by atoms with van der Waals surface area (Å²) in [5, 5.41) is 0. The van der Waals surface area contributed by atoms with Crippen molar-refractivity contribution < 1.29 is 0 Å². The molecule has 0 amide bonds. The molecule has 0 spiro atoms. The molecular weight excluding hydrogens is 254 g/mol. The van der Waals surface area contributed by atoms with Crippen molar-refractivity contribution >= 4 is 11.4 Å². The predicted molar refractivity (Wildman–Crippen MR) is 93.3 cm³/mol. The highest BCUT2D eigenvalue weighted by Crippen LogP contribution is 2.36. The van der Waals surface area contributed by atoms with E-state index in [4.69, 9.17) is 0 Å². The maximum absolute atomic E-state index is 4.69. The van der Waals surface area contributed by atoms with E-state index in [-0.39, 0.29) is 5.41 Å². The Labute approximate surface area is 128 Å². The van der Waals surface area contributed by atoms with Crippen LogP contribution in [0.2, 0.25) is 0 Å². The van der Waals surface area contributed by atoms with Crippen molar-refractivity contribution in [3.8, 4) is 0 Å². The molecule has 1 aliphatic carbocycles. The highest BCUT2D eigenvalue weighted by atomic mass is 14.7. The molecule has 0 aliphatic heterocycles. The molecule has 0 bridgehead atoms. The van der Waals surface area contributed by atoms with Gasteiger partial charge in [-0.15, -0.1) is 0 Å². The minimum absolute atomic E-state index is 0.0219. The van der Waals surface area contributed by atoms with E-state index in [0.717, 1.165) is 29.0 Å². The number of hydrogen-bond acceptors (Lipinski definition) is 1. The van der Waals surface area contributed by atoms with Crippen LogP contribution in [0.25, 0.3) is 5.70 Å². The van der Waals surface area contributed by atoms with Crippen LogP contribution in [0.1, 0.15) is 32.8 Å². The van der Waals surface area contributed by atoms with Gasteiger partial charge in [0.15, 0.2) is 0 Å². The molecule has 108 valence electrons. The first kappa shape index (κ1) is 15.2. The van der Waals surface area contributed by atoms with Crippen LogP contribution >= 0.6 is 0 Å². The minimum atomic E-state index is -0.0219. The molecule has 0 heterocycles. The summed E-state index contributed by atoms with van der Waals surface area (Å²) in [4.78, 5) is 4.69. The second-order valence-electron chi connectivity index (χ2n) is 5.89. The molecule has 1 atom stereocenters. The average molecular weight is 277 g/mol. The fraction of sp³-hybridized carbons (Fsp3) is 0.250. The van der Waals surface area contributed by atoms with Gasteiger partial charge in [-0.2, -0.15) is 0 Å². The summed E-state index contributed by atoms with van der Waals surface area (Å²) in [5.41, 5.74) is 4.21. The van der Waals surface area contributed by atoms with Gasteiger partial charge in [-0.3, -0.25) is 4.99 Å². The van der Waals surface area contributed by atoms with Gasteiger partial charge in [0.25, 0.3) is 0 Å². The third-order valence-corrected chi connectivity index (χ3v) is 3.71. The molecule has 0 saturated carbocycles. The highest BCUT2D eigenvalue weighted by molar-refractivity contribution is 5.86. The molecule has 1 heteroatoms. The maximum atomic E-state index is 4.69. The first-order valence-electron chi connectivity index (χ1n) is 7.34. The van der Waals surface area contributed by atoms with Gasteiger partial charge >= 0.3 is 0 Å². The molecule has 1 unspecified atom stereocenters. The van der Waals surface area contributed by atoms with Crippen molar-refractivity contribution in [3.05, 3.63) is 78.4 Å². The van der Waals surface area contributed by atoms with E-state index in [1.54, 1.807) is 0 Å². The van der Waals surface area contributed by atoms with Crippen molar-refractivity contribution in [3.63, 3.8) is 0 Å². The van der Waals surface area contributed by atoms with Crippen LogP contribution in [0.4, 0.5) is 0 Å². The van der Waals surface area contributed by atoms with Gasteiger partial charge < -0.3 is 0 Å². The Hall–Kier alpha value is -2.15. The first-order valence-corrected chi connectivity index (χ1v) is 7.34. The number of allylic oxidation sites excluding steroid dienone is 6. The topological polar surface area (TPSA) is 12.4 Å². The SMILES string of the molecule is C=C(/C=C(\N=C(C)C)c1ccccc1)C1(C)C=CC=CC1. The largest absolute Gasteiger partial charge is 0.258 e. The van der Waals surface area contributed by atoms with Crippen LogP contribution in [0.15, 0.2) is 77.9 Å².